The summed E-state index contributed by atoms with van der Waals surface area (Å²) in [5.41, 5.74) is 6.63. The Labute approximate surface area is 83.9 Å². The Balaban J connectivity index is 3.38. The third kappa shape index (κ3) is 2.27. The molecule has 0 saturated carbocycles. The smallest absolute Gasteiger partial charge is 0.175 e. The normalized spacial score (nSPS) is 10.9. The molecule has 74 valence electrons. The topological polar surface area (TPSA) is 60.2 Å². The number of rotatable bonds is 2. The van der Waals surface area contributed by atoms with Gasteiger partial charge in [0.15, 0.2) is 9.84 Å². The van der Waals surface area contributed by atoms with Gasteiger partial charge in [-0.05, 0) is 23.8 Å². The summed E-state index contributed by atoms with van der Waals surface area (Å²) in [6.07, 6.45) is 6.56. The van der Waals surface area contributed by atoms with Crippen molar-refractivity contribution in [1.82, 2.24) is 0 Å². The van der Waals surface area contributed by atoms with Gasteiger partial charge in [0.05, 0.1) is 4.90 Å². The summed E-state index contributed by atoms with van der Waals surface area (Å²) in [4.78, 5) is 0.254. The van der Waals surface area contributed by atoms with Crippen molar-refractivity contribution in [3.8, 4) is 12.3 Å². The van der Waals surface area contributed by atoms with Crippen molar-refractivity contribution in [2.75, 3.05) is 12.0 Å². The molecule has 0 spiro atoms. The van der Waals surface area contributed by atoms with Gasteiger partial charge in [-0.3, -0.25) is 0 Å². The number of terminal acetylenes is 1. The minimum Gasteiger partial charge on any atom is -0.399 e. The molecule has 0 bridgehead atoms. The zero-order valence-electron chi connectivity index (χ0n) is 7.82. The van der Waals surface area contributed by atoms with Gasteiger partial charge in [0.25, 0.3) is 0 Å². The number of nitrogen functional groups attached to an aromatic ring is 1. The zero-order chi connectivity index (χ0) is 10.8. The molecule has 0 aromatic heterocycles. The number of sulfone groups is 1. The van der Waals surface area contributed by atoms with Gasteiger partial charge < -0.3 is 5.73 Å². The first kappa shape index (κ1) is 10.6. The van der Waals surface area contributed by atoms with E-state index in [0.29, 0.717) is 11.3 Å². The lowest BCUT2D eigenvalue weighted by Gasteiger charge is -2.05. The molecule has 0 unspecified atom stereocenters. The number of benzene rings is 1. The van der Waals surface area contributed by atoms with E-state index in [4.69, 9.17) is 12.2 Å². The van der Waals surface area contributed by atoms with Crippen LogP contribution in [-0.2, 0) is 16.3 Å². The lowest BCUT2D eigenvalue weighted by molar-refractivity contribution is 0.601. The summed E-state index contributed by atoms with van der Waals surface area (Å²) in [5.74, 6) is 2.40. The average Bonchev–Trinajstić information content (AvgIpc) is 2.02. The van der Waals surface area contributed by atoms with Crippen LogP contribution in [0.1, 0.15) is 5.56 Å². The summed E-state index contributed by atoms with van der Waals surface area (Å²) in [5, 5.41) is 0. The highest BCUT2D eigenvalue weighted by Crippen LogP contribution is 2.18. The van der Waals surface area contributed by atoms with E-state index < -0.39 is 9.84 Å². The highest BCUT2D eigenvalue weighted by molar-refractivity contribution is 7.90. The molecule has 0 fully saturated rings. The summed E-state index contributed by atoms with van der Waals surface area (Å²) in [6.45, 7) is 0. The van der Waals surface area contributed by atoms with E-state index in [2.05, 4.69) is 5.92 Å². The molecule has 0 heterocycles. The molecule has 4 heteroatoms. The highest BCUT2D eigenvalue weighted by Gasteiger charge is 2.12. The molecule has 0 aliphatic heterocycles. The maximum absolute atomic E-state index is 11.3. The van der Waals surface area contributed by atoms with Crippen molar-refractivity contribution in [3.05, 3.63) is 23.8 Å². The number of anilines is 1. The molecule has 1 rings (SSSR count). The predicted octanol–water partition coefficient (Wildman–Crippen LogP) is 0.848. The molecule has 0 aliphatic rings. The maximum atomic E-state index is 11.3. The van der Waals surface area contributed by atoms with Crippen molar-refractivity contribution in [1.29, 1.82) is 0 Å². The fourth-order valence-electron chi connectivity index (χ4n) is 1.21. The van der Waals surface area contributed by atoms with Gasteiger partial charge in [0.1, 0.15) is 0 Å². The van der Waals surface area contributed by atoms with E-state index in [-0.39, 0.29) is 11.3 Å². The Bertz CT molecular complexity index is 483. The van der Waals surface area contributed by atoms with Crippen LogP contribution in [0.25, 0.3) is 0 Å². The van der Waals surface area contributed by atoms with Gasteiger partial charge >= 0.3 is 0 Å². The number of nitrogens with two attached hydrogens (primary N) is 1. The first-order chi connectivity index (χ1) is 6.45. The van der Waals surface area contributed by atoms with Crippen LogP contribution in [0.15, 0.2) is 23.1 Å². The number of hydrogen-bond donors (Lipinski definition) is 1. The van der Waals surface area contributed by atoms with E-state index in [9.17, 15) is 8.42 Å². The lowest BCUT2D eigenvalue weighted by Crippen LogP contribution is -2.03. The molecule has 0 amide bonds. The largest absolute Gasteiger partial charge is 0.399 e. The van der Waals surface area contributed by atoms with Crippen molar-refractivity contribution < 1.29 is 8.42 Å². The fourth-order valence-corrected chi connectivity index (χ4v) is 2.13. The van der Waals surface area contributed by atoms with Crippen LogP contribution in [0.2, 0.25) is 0 Å². The van der Waals surface area contributed by atoms with Crippen LogP contribution in [0.4, 0.5) is 5.69 Å². The van der Waals surface area contributed by atoms with E-state index in [0.717, 1.165) is 6.26 Å². The van der Waals surface area contributed by atoms with Crippen LogP contribution in [0.5, 0.6) is 0 Å². The minimum atomic E-state index is -3.22. The van der Waals surface area contributed by atoms with E-state index in [1.165, 1.54) is 6.07 Å². The Morgan fingerprint density at radius 2 is 2.14 bits per heavy atom. The molecular formula is C10H11NO2S. The quantitative estimate of drug-likeness (QED) is 0.580. The molecular weight excluding hydrogens is 198 g/mol. The van der Waals surface area contributed by atoms with Crippen molar-refractivity contribution in [3.63, 3.8) is 0 Å². The third-order valence-electron chi connectivity index (χ3n) is 1.78. The maximum Gasteiger partial charge on any atom is 0.175 e. The Morgan fingerprint density at radius 1 is 1.50 bits per heavy atom. The Morgan fingerprint density at radius 3 is 2.64 bits per heavy atom. The summed E-state index contributed by atoms with van der Waals surface area (Å²) in [7, 11) is -3.22. The second-order valence-electron chi connectivity index (χ2n) is 3.02. The van der Waals surface area contributed by atoms with Crippen LogP contribution in [0.3, 0.4) is 0 Å². The zero-order valence-corrected chi connectivity index (χ0v) is 8.64. The van der Waals surface area contributed by atoms with Gasteiger partial charge in [-0.15, -0.1) is 12.3 Å². The molecule has 0 saturated heterocycles. The predicted molar refractivity (Wildman–Crippen MR) is 56.5 cm³/mol. The van der Waals surface area contributed by atoms with Gasteiger partial charge in [-0.2, -0.15) is 0 Å². The summed E-state index contributed by atoms with van der Waals surface area (Å²) in [6, 6.07) is 4.63. The molecule has 14 heavy (non-hydrogen) atoms. The minimum absolute atomic E-state index is 0.254. The van der Waals surface area contributed by atoms with Crippen LogP contribution >= 0.6 is 0 Å². The highest BCUT2D eigenvalue weighted by atomic mass is 32.2. The van der Waals surface area contributed by atoms with Crippen LogP contribution < -0.4 is 5.73 Å². The molecule has 1 aromatic rings. The van der Waals surface area contributed by atoms with Crippen molar-refractivity contribution in [2.24, 2.45) is 0 Å². The van der Waals surface area contributed by atoms with Gasteiger partial charge in [0.2, 0.25) is 0 Å². The number of hydrogen-bond acceptors (Lipinski definition) is 3. The molecule has 3 nitrogen and oxygen atoms in total. The molecule has 0 atom stereocenters. The first-order valence-corrected chi connectivity index (χ1v) is 5.86. The van der Waals surface area contributed by atoms with Gasteiger partial charge in [-0.25, -0.2) is 8.42 Å². The lowest BCUT2D eigenvalue weighted by atomic mass is 10.1. The van der Waals surface area contributed by atoms with Crippen molar-refractivity contribution >= 4 is 15.5 Å². The molecule has 0 aliphatic carbocycles. The summed E-state index contributed by atoms with van der Waals surface area (Å²) < 4.78 is 22.7. The Hall–Kier alpha value is -1.47. The second-order valence-corrected chi connectivity index (χ2v) is 5.00. The first-order valence-electron chi connectivity index (χ1n) is 3.97. The molecule has 0 radical (unpaired) electrons. The van der Waals surface area contributed by atoms with Crippen molar-refractivity contribution in [2.45, 2.75) is 11.3 Å². The van der Waals surface area contributed by atoms with Crippen LogP contribution in [-0.4, -0.2) is 14.7 Å². The van der Waals surface area contributed by atoms with Gasteiger partial charge in [-0.1, -0.05) is 0 Å². The Kier molecular flexibility index (Phi) is 2.82. The van der Waals surface area contributed by atoms with Crippen LogP contribution in [0, 0.1) is 12.3 Å². The summed E-state index contributed by atoms with van der Waals surface area (Å²) >= 11 is 0. The fraction of sp³-hybridized carbons (Fsp3) is 0.200. The SMILES string of the molecule is C#CCc1cc(N)ccc1S(C)(=O)=O. The third-order valence-corrected chi connectivity index (χ3v) is 2.97. The average molecular weight is 209 g/mol. The van der Waals surface area contributed by atoms with E-state index in [1.54, 1.807) is 12.1 Å². The standard InChI is InChI=1S/C10H11NO2S/c1-3-4-8-7-9(11)5-6-10(8)14(2,12)13/h1,5-7H,4,11H2,2H3. The second kappa shape index (κ2) is 3.72. The van der Waals surface area contributed by atoms with E-state index >= 15 is 0 Å². The van der Waals surface area contributed by atoms with Gasteiger partial charge in [0, 0.05) is 18.4 Å². The monoisotopic (exact) mass is 209 g/mol. The molecule has 1 aromatic carbocycles. The van der Waals surface area contributed by atoms with E-state index in [1.807, 2.05) is 0 Å². The molecule has 2 N–H and O–H groups in total.